The lowest BCUT2D eigenvalue weighted by Crippen LogP contribution is -2.31. The zero-order valence-electron chi connectivity index (χ0n) is 13.7. The first-order valence-electron chi connectivity index (χ1n) is 7.86. The Morgan fingerprint density at radius 2 is 2.22 bits per heavy atom. The zero-order valence-corrected chi connectivity index (χ0v) is 13.7. The van der Waals surface area contributed by atoms with Gasteiger partial charge in [-0.3, -0.25) is 4.98 Å². The van der Waals surface area contributed by atoms with Crippen molar-refractivity contribution in [2.24, 2.45) is 0 Å². The highest BCUT2D eigenvalue weighted by atomic mass is 16.5. The van der Waals surface area contributed by atoms with Crippen LogP contribution in [0.4, 0.5) is 5.82 Å². The zero-order chi connectivity index (χ0) is 16.4. The molecule has 0 amide bonds. The van der Waals surface area contributed by atoms with E-state index in [2.05, 4.69) is 20.3 Å². The third kappa shape index (κ3) is 3.12. The average molecular weight is 318 g/mol. The van der Waals surface area contributed by atoms with Gasteiger partial charge in [-0.2, -0.15) is 4.98 Å². The van der Waals surface area contributed by atoms with Crippen LogP contribution in [-0.4, -0.2) is 49.8 Å². The van der Waals surface area contributed by atoms with Gasteiger partial charge in [0.05, 0.1) is 31.7 Å². The van der Waals surface area contributed by atoms with Crippen LogP contribution in [0.5, 0.6) is 5.88 Å². The summed E-state index contributed by atoms with van der Waals surface area (Å²) in [6.45, 7) is 7.58. The van der Waals surface area contributed by atoms with E-state index in [0.717, 1.165) is 0 Å². The number of anilines is 1. The molecule has 1 aliphatic heterocycles. The first-order valence-corrected chi connectivity index (χ1v) is 7.86. The normalized spacial score (nSPS) is 21.2. The molecule has 124 valence electrons. The maximum atomic E-state index is 10.9. The van der Waals surface area contributed by atoms with Gasteiger partial charge in [-0.05, 0) is 20.8 Å². The molecule has 0 saturated carbocycles. The monoisotopic (exact) mass is 318 g/mol. The first kappa shape index (κ1) is 15.7. The molecule has 1 saturated heterocycles. The Morgan fingerprint density at radius 1 is 1.39 bits per heavy atom. The number of ether oxygens (including phenoxy) is 1. The Morgan fingerprint density at radius 3 is 2.91 bits per heavy atom. The van der Waals surface area contributed by atoms with Crippen molar-refractivity contribution in [1.29, 1.82) is 0 Å². The van der Waals surface area contributed by atoms with Gasteiger partial charge in [0.15, 0.2) is 5.82 Å². The molecule has 0 bridgehead atoms. The van der Waals surface area contributed by atoms with Gasteiger partial charge in [0.1, 0.15) is 11.3 Å². The molecule has 8 nitrogen and oxygen atoms in total. The van der Waals surface area contributed by atoms with Gasteiger partial charge in [-0.25, -0.2) is 4.68 Å². The molecule has 0 aliphatic carbocycles. The molecule has 0 spiro atoms. The van der Waals surface area contributed by atoms with E-state index >= 15 is 0 Å². The number of nitrogens with zero attached hydrogens (tertiary/aromatic N) is 6. The summed E-state index contributed by atoms with van der Waals surface area (Å²) in [6.07, 6.45) is 5.66. The van der Waals surface area contributed by atoms with Crippen LogP contribution in [0.1, 0.15) is 38.9 Å². The molecule has 2 aromatic heterocycles. The van der Waals surface area contributed by atoms with Crippen molar-refractivity contribution in [3.8, 4) is 5.88 Å². The molecular weight excluding hydrogens is 296 g/mol. The van der Waals surface area contributed by atoms with Gasteiger partial charge < -0.3 is 14.7 Å². The Hall–Kier alpha value is -2.22. The second-order valence-electron chi connectivity index (χ2n) is 6.03. The van der Waals surface area contributed by atoms with Crippen LogP contribution in [0.3, 0.4) is 0 Å². The van der Waals surface area contributed by atoms with Crippen LogP contribution >= 0.6 is 0 Å². The summed E-state index contributed by atoms with van der Waals surface area (Å²) < 4.78 is 7.14. The molecule has 1 N–H and O–H groups in total. The molecule has 3 rings (SSSR count). The lowest BCUT2D eigenvalue weighted by atomic mass is 10.00. The maximum Gasteiger partial charge on any atom is 0.234 e. The minimum atomic E-state index is -1.02. The van der Waals surface area contributed by atoms with E-state index in [1.165, 1.54) is 0 Å². The molecular formula is C15H22N6O2. The van der Waals surface area contributed by atoms with Gasteiger partial charge in [0, 0.05) is 19.0 Å². The maximum absolute atomic E-state index is 10.9. The van der Waals surface area contributed by atoms with E-state index in [9.17, 15) is 5.11 Å². The van der Waals surface area contributed by atoms with Gasteiger partial charge in [-0.15, -0.1) is 5.10 Å². The number of hydrogen-bond acceptors (Lipinski definition) is 7. The molecule has 1 atom stereocenters. The van der Waals surface area contributed by atoms with Crippen molar-refractivity contribution in [2.75, 3.05) is 24.6 Å². The quantitative estimate of drug-likeness (QED) is 0.884. The molecule has 1 fully saturated rings. The lowest BCUT2D eigenvalue weighted by Gasteiger charge is -2.21. The predicted molar refractivity (Wildman–Crippen MR) is 84.3 cm³/mol. The molecule has 1 aliphatic rings. The highest BCUT2D eigenvalue weighted by Crippen LogP contribution is 2.33. The van der Waals surface area contributed by atoms with Crippen LogP contribution in [0, 0.1) is 0 Å². The van der Waals surface area contributed by atoms with Gasteiger partial charge in [-0.1, -0.05) is 5.21 Å². The first-order chi connectivity index (χ1) is 11.0. The summed E-state index contributed by atoms with van der Waals surface area (Å²) >= 11 is 0. The molecule has 8 heteroatoms. The van der Waals surface area contributed by atoms with E-state index in [0.29, 0.717) is 43.5 Å². The van der Waals surface area contributed by atoms with Crippen molar-refractivity contribution in [2.45, 2.75) is 38.8 Å². The topological polar surface area (TPSA) is 89.2 Å². The summed E-state index contributed by atoms with van der Waals surface area (Å²) in [5.74, 6) is 1.19. The molecule has 3 heterocycles. The molecule has 1 unspecified atom stereocenters. The fourth-order valence-corrected chi connectivity index (χ4v) is 2.65. The summed E-state index contributed by atoms with van der Waals surface area (Å²) in [5, 5.41) is 19.1. The van der Waals surface area contributed by atoms with Crippen LogP contribution in [0.25, 0.3) is 0 Å². The number of rotatable bonds is 5. The highest BCUT2D eigenvalue weighted by Gasteiger charge is 2.41. The third-order valence-corrected chi connectivity index (χ3v) is 3.98. The smallest absolute Gasteiger partial charge is 0.234 e. The van der Waals surface area contributed by atoms with Crippen LogP contribution in [-0.2, 0) is 5.60 Å². The Bertz CT molecular complexity index is 673. The predicted octanol–water partition coefficient (Wildman–Crippen LogP) is 1.15. The Labute approximate surface area is 135 Å². The SMILES string of the molecule is CCOc1cncc(N2CCC(O)(c3cn(C(C)C)nn3)C2)n1. The second kappa shape index (κ2) is 6.11. The fraction of sp³-hybridized carbons (Fsp3) is 0.600. The van der Waals surface area contributed by atoms with Crippen molar-refractivity contribution >= 4 is 5.82 Å². The van der Waals surface area contributed by atoms with Crippen molar-refractivity contribution in [3.05, 3.63) is 24.3 Å². The highest BCUT2D eigenvalue weighted by molar-refractivity contribution is 5.41. The number of β-amino-alcohol motifs (C(OH)–C–C–N with tert-alkyl or cyclic N) is 1. The molecule has 23 heavy (non-hydrogen) atoms. The summed E-state index contributed by atoms with van der Waals surface area (Å²) in [5.41, 5.74) is -0.418. The summed E-state index contributed by atoms with van der Waals surface area (Å²) in [7, 11) is 0. The van der Waals surface area contributed by atoms with Crippen molar-refractivity contribution in [1.82, 2.24) is 25.0 Å². The molecule has 0 aromatic carbocycles. The Kier molecular flexibility index (Phi) is 4.16. The van der Waals surface area contributed by atoms with Crippen LogP contribution in [0.2, 0.25) is 0 Å². The fourth-order valence-electron chi connectivity index (χ4n) is 2.65. The van der Waals surface area contributed by atoms with E-state index in [1.807, 2.05) is 31.9 Å². The Balaban J connectivity index is 1.77. The minimum absolute atomic E-state index is 0.214. The number of aromatic nitrogens is 5. The average Bonchev–Trinajstić information content (AvgIpc) is 3.16. The van der Waals surface area contributed by atoms with Crippen molar-refractivity contribution < 1.29 is 9.84 Å². The number of hydrogen-bond donors (Lipinski definition) is 1. The molecule has 0 radical (unpaired) electrons. The van der Waals surface area contributed by atoms with E-state index < -0.39 is 5.60 Å². The van der Waals surface area contributed by atoms with Crippen molar-refractivity contribution in [3.63, 3.8) is 0 Å². The largest absolute Gasteiger partial charge is 0.477 e. The van der Waals surface area contributed by atoms with Gasteiger partial charge in [0.2, 0.25) is 5.88 Å². The minimum Gasteiger partial charge on any atom is -0.477 e. The van der Waals surface area contributed by atoms with Crippen LogP contribution in [0.15, 0.2) is 18.6 Å². The standard InChI is InChI=1S/C15H22N6O2/c1-4-23-14-8-16-7-13(17-14)20-6-5-15(22,10-20)12-9-21(11(2)3)19-18-12/h7-9,11,22H,4-6,10H2,1-3H3. The third-order valence-electron chi connectivity index (χ3n) is 3.98. The lowest BCUT2D eigenvalue weighted by molar-refractivity contribution is 0.0558. The summed E-state index contributed by atoms with van der Waals surface area (Å²) in [6, 6.07) is 0.214. The number of aliphatic hydroxyl groups is 1. The van der Waals surface area contributed by atoms with E-state index in [1.54, 1.807) is 17.1 Å². The van der Waals surface area contributed by atoms with E-state index in [4.69, 9.17) is 4.74 Å². The van der Waals surface area contributed by atoms with Crippen LogP contribution < -0.4 is 9.64 Å². The van der Waals surface area contributed by atoms with E-state index in [-0.39, 0.29) is 6.04 Å². The second-order valence-corrected chi connectivity index (χ2v) is 6.03. The van der Waals surface area contributed by atoms with Gasteiger partial charge in [0.25, 0.3) is 0 Å². The van der Waals surface area contributed by atoms with Gasteiger partial charge >= 0.3 is 0 Å². The summed E-state index contributed by atoms with van der Waals surface area (Å²) in [4.78, 5) is 10.6. The molecule has 2 aromatic rings.